The van der Waals surface area contributed by atoms with Gasteiger partial charge in [-0.3, -0.25) is 10.1 Å². The van der Waals surface area contributed by atoms with Gasteiger partial charge in [-0.2, -0.15) is 0 Å². The molecule has 24 heavy (non-hydrogen) atoms. The number of nitro groups is 1. The lowest BCUT2D eigenvalue weighted by Gasteiger charge is -2.50. The van der Waals surface area contributed by atoms with E-state index in [2.05, 4.69) is 41.7 Å². The smallest absolute Gasteiger partial charge is 0.263 e. The summed E-state index contributed by atoms with van der Waals surface area (Å²) in [6.45, 7) is 2.29. The van der Waals surface area contributed by atoms with Gasteiger partial charge >= 0.3 is 11.4 Å². The van der Waals surface area contributed by atoms with Crippen molar-refractivity contribution in [2.24, 2.45) is 42.1 Å². The molecular weight excluding hydrogens is 306 g/mol. The zero-order valence-electron chi connectivity index (χ0n) is 13.7. The summed E-state index contributed by atoms with van der Waals surface area (Å²) in [6, 6.07) is 0.196. The van der Waals surface area contributed by atoms with Crippen LogP contribution in [0.15, 0.2) is 24.3 Å². The molecule has 7 nitrogen and oxygen atoms in total. The topological polar surface area (TPSA) is 77.7 Å². The van der Waals surface area contributed by atoms with Crippen molar-refractivity contribution in [1.29, 1.82) is 0 Å². The number of aromatic nitrogens is 4. The minimum absolute atomic E-state index is 0.00178. The predicted molar refractivity (Wildman–Crippen MR) is 82.0 cm³/mol. The van der Waals surface area contributed by atoms with E-state index in [-0.39, 0.29) is 28.2 Å². The first-order valence-electron chi connectivity index (χ1n) is 8.83. The number of aryl methyl sites for hydroxylation is 1. The molecule has 0 amide bonds. The second-order valence-corrected chi connectivity index (χ2v) is 8.52. The van der Waals surface area contributed by atoms with Gasteiger partial charge in [0.15, 0.2) is 5.21 Å². The molecule has 4 aliphatic carbocycles. The molecule has 0 unspecified atom stereocenters. The molecule has 0 radical (unpaired) electrons. The molecule has 0 aromatic carbocycles. The Bertz CT molecular complexity index is 859. The number of nitrogens with zero attached hydrogens (tertiary/aromatic N) is 5. The van der Waals surface area contributed by atoms with Gasteiger partial charge in [0, 0.05) is 16.3 Å². The third kappa shape index (κ3) is 1.04. The lowest BCUT2D eigenvalue weighted by molar-refractivity contribution is -0.832. The fraction of sp³-hybridized carbons (Fsp3) is 0.706. The number of allylic oxidation sites excluding steroid dienone is 3. The van der Waals surface area contributed by atoms with E-state index in [1.54, 1.807) is 4.68 Å². The quantitative estimate of drug-likeness (QED) is 0.336. The number of hydrogen-bond acceptors (Lipinski definition) is 4. The molecule has 0 N–H and O–H groups in total. The van der Waals surface area contributed by atoms with E-state index < -0.39 is 5.54 Å². The lowest BCUT2D eigenvalue weighted by Crippen LogP contribution is -2.70. The van der Waals surface area contributed by atoms with Crippen LogP contribution in [0.4, 0.5) is 0 Å². The van der Waals surface area contributed by atoms with E-state index in [0.717, 1.165) is 12.8 Å². The van der Waals surface area contributed by atoms with Crippen LogP contribution in [0.25, 0.3) is 0 Å². The molecular formula is C17H20N5O2+. The van der Waals surface area contributed by atoms with E-state index in [0.29, 0.717) is 23.6 Å². The normalized spacial score (nSPS) is 51.8. The number of tetrazole rings is 1. The summed E-state index contributed by atoms with van der Waals surface area (Å²) >= 11 is 0. The zero-order valence-corrected chi connectivity index (χ0v) is 13.7. The van der Waals surface area contributed by atoms with Gasteiger partial charge in [-0.25, -0.2) is 0 Å². The molecule has 2 fully saturated rings. The Morgan fingerprint density at radius 2 is 1.96 bits per heavy atom. The van der Waals surface area contributed by atoms with Crippen molar-refractivity contribution in [3.05, 3.63) is 40.2 Å². The molecule has 7 heteroatoms. The van der Waals surface area contributed by atoms with Gasteiger partial charge in [0.1, 0.15) is 11.3 Å². The van der Waals surface area contributed by atoms with Crippen molar-refractivity contribution in [1.82, 2.24) is 15.1 Å². The van der Waals surface area contributed by atoms with Gasteiger partial charge in [0.05, 0.1) is 18.9 Å². The lowest BCUT2D eigenvalue weighted by atomic mass is 9.54. The van der Waals surface area contributed by atoms with Crippen molar-refractivity contribution < 1.29 is 9.61 Å². The Morgan fingerprint density at radius 3 is 2.75 bits per heavy atom. The van der Waals surface area contributed by atoms with Crippen LogP contribution >= 0.6 is 0 Å². The standard InChI is InChI=1S/C17H20N5O2/c1-16-11-5-4-10(8-11)14(16)21-15(20(2)18-19-21)17(22(23)24)12-6-3-9(7-12)13(16)17/h3-6,9-14H,7-8H2,1-2H3/q+1/t9-,10+,11-,12+,13-,14-,16-,17+/m1/s1. The fourth-order valence-corrected chi connectivity index (χ4v) is 7.36. The fourth-order valence-electron chi connectivity index (χ4n) is 7.36. The highest BCUT2D eigenvalue weighted by atomic mass is 16.6. The van der Waals surface area contributed by atoms with Gasteiger partial charge in [0.25, 0.3) is 0 Å². The molecule has 124 valence electrons. The van der Waals surface area contributed by atoms with Gasteiger partial charge < -0.3 is 0 Å². The Labute approximate surface area is 139 Å². The first kappa shape index (κ1) is 13.3. The van der Waals surface area contributed by atoms with Crippen LogP contribution < -0.4 is 4.68 Å². The Morgan fingerprint density at radius 1 is 1.25 bits per heavy atom. The summed E-state index contributed by atoms with van der Waals surface area (Å²) in [4.78, 5) is 12.6. The molecule has 1 aromatic heterocycles. The van der Waals surface area contributed by atoms with Crippen LogP contribution in [0, 0.1) is 45.1 Å². The molecule has 1 aromatic rings. The van der Waals surface area contributed by atoms with Crippen molar-refractivity contribution in [2.75, 3.05) is 0 Å². The maximum Gasteiger partial charge on any atom is 0.336 e. The summed E-state index contributed by atoms with van der Waals surface area (Å²) in [5.41, 5.74) is -1.20. The summed E-state index contributed by atoms with van der Waals surface area (Å²) in [6.07, 6.45) is 10.9. The molecule has 1 aliphatic heterocycles. The second-order valence-electron chi connectivity index (χ2n) is 8.52. The van der Waals surface area contributed by atoms with Crippen molar-refractivity contribution >= 4 is 0 Å². The summed E-state index contributed by atoms with van der Waals surface area (Å²) < 4.78 is 3.60. The summed E-state index contributed by atoms with van der Waals surface area (Å²) in [5, 5.41) is 21.2. The number of fused-ring (bicyclic) bond motifs is 14. The first-order valence-corrected chi connectivity index (χ1v) is 8.83. The highest BCUT2D eigenvalue weighted by molar-refractivity contribution is 5.32. The van der Waals surface area contributed by atoms with Crippen molar-refractivity contribution in [2.45, 2.75) is 31.3 Å². The minimum Gasteiger partial charge on any atom is -0.263 e. The third-order valence-corrected chi connectivity index (χ3v) is 7.93. The maximum atomic E-state index is 12.6. The Kier molecular flexibility index (Phi) is 2.00. The average molecular weight is 326 g/mol. The zero-order chi connectivity index (χ0) is 16.4. The molecule has 0 saturated heterocycles. The molecule has 2 heterocycles. The highest BCUT2D eigenvalue weighted by Gasteiger charge is 2.82. The van der Waals surface area contributed by atoms with E-state index in [1.165, 1.54) is 0 Å². The average Bonchev–Trinajstić information content (AvgIpc) is 3.31. The summed E-state index contributed by atoms with van der Waals surface area (Å²) in [5.74, 6) is 1.81. The predicted octanol–water partition coefficient (Wildman–Crippen LogP) is 1.16. The van der Waals surface area contributed by atoms with E-state index in [1.807, 2.05) is 11.7 Å². The van der Waals surface area contributed by atoms with Gasteiger partial charge in [-0.15, -0.1) is 4.68 Å². The molecule has 5 aliphatic rings. The van der Waals surface area contributed by atoms with Gasteiger partial charge in [-0.1, -0.05) is 35.9 Å². The van der Waals surface area contributed by atoms with E-state index in [9.17, 15) is 10.1 Å². The monoisotopic (exact) mass is 326 g/mol. The molecule has 0 spiro atoms. The number of hydrogen-bond donors (Lipinski definition) is 0. The van der Waals surface area contributed by atoms with Crippen LogP contribution in [0.2, 0.25) is 0 Å². The van der Waals surface area contributed by atoms with E-state index >= 15 is 0 Å². The summed E-state index contributed by atoms with van der Waals surface area (Å²) in [7, 11) is 1.81. The maximum absolute atomic E-state index is 12.6. The Balaban J connectivity index is 1.75. The number of rotatable bonds is 1. The van der Waals surface area contributed by atoms with Crippen molar-refractivity contribution in [3.63, 3.8) is 0 Å². The van der Waals surface area contributed by atoms with Crippen LogP contribution in [-0.2, 0) is 12.6 Å². The van der Waals surface area contributed by atoms with Crippen LogP contribution in [0.1, 0.15) is 31.6 Å². The SMILES string of the molecule is Cn1nn[n+]2c1[C@@]1([N+](=O)[O-])[C@H]([C@@H]3C=C[C@H]1C3)[C@@]1(C)[C@@H]3C=C[C@@H](C3)[C@@H]21. The van der Waals surface area contributed by atoms with Crippen LogP contribution in [0.5, 0.6) is 0 Å². The largest absolute Gasteiger partial charge is 0.336 e. The minimum atomic E-state index is -1.08. The van der Waals surface area contributed by atoms with Crippen LogP contribution in [-0.4, -0.2) is 20.0 Å². The van der Waals surface area contributed by atoms with Crippen LogP contribution in [0.3, 0.4) is 0 Å². The third-order valence-electron chi connectivity index (χ3n) is 7.93. The highest BCUT2D eigenvalue weighted by Crippen LogP contribution is 2.72. The molecule has 4 bridgehead atoms. The second kappa shape index (κ2) is 3.63. The Hall–Kier alpha value is -2.05. The first-order chi connectivity index (χ1) is 11.5. The molecule has 6 rings (SSSR count). The van der Waals surface area contributed by atoms with E-state index in [4.69, 9.17) is 0 Å². The molecule has 2 saturated carbocycles. The molecule has 8 atom stereocenters. The van der Waals surface area contributed by atoms with Crippen molar-refractivity contribution in [3.8, 4) is 0 Å². The van der Waals surface area contributed by atoms with Gasteiger partial charge in [0.2, 0.25) is 0 Å². The van der Waals surface area contributed by atoms with Gasteiger partial charge in [-0.05, 0) is 24.7 Å².